The van der Waals surface area contributed by atoms with Crippen molar-refractivity contribution in [2.45, 2.75) is 37.9 Å². The van der Waals surface area contributed by atoms with Crippen molar-refractivity contribution in [2.75, 3.05) is 26.3 Å². The molecule has 1 fully saturated rings. The number of nitrogens with zero attached hydrogens (tertiary/aromatic N) is 2. The van der Waals surface area contributed by atoms with Crippen molar-refractivity contribution in [3.05, 3.63) is 95.2 Å². The van der Waals surface area contributed by atoms with E-state index in [1.807, 2.05) is 36.5 Å². The van der Waals surface area contributed by atoms with E-state index in [0.717, 1.165) is 77.0 Å². The highest BCUT2D eigenvalue weighted by atomic mass is 19.1. The molecule has 4 aromatic rings. The summed E-state index contributed by atoms with van der Waals surface area (Å²) in [4.78, 5) is 2.28. The Morgan fingerprint density at radius 2 is 1.86 bits per heavy atom. The third-order valence-electron chi connectivity index (χ3n) is 7.63. The van der Waals surface area contributed by atoms with E-state index >= 15 is 0 Å². The van der Waals surface area contributed by atoms with Gasteiger partial charge in [0.2, 0.25) is 0 Å². The number of rotatable bonds is 7. The van der Waals surface area contributed by atoms with Crippen LogP contribution >= 0.6 is 0 Å². The van der Waals surface area contributed by atoms with Crippen LogP contribution in [0.1, 0.15) is 54.0 Å². The van der Waals surface area contributed by atoms with Gasteiger partial charge >= 0.3 is 0 Å². The summed E-state index contributed by atoms with van der Waals surface area (Å²) in [5.74, 6) is 0.852. The number of ether oxygens (including phenoxy) is 1. The minimum Gasteiger partial charge on any atom is -0.489 e. The first-order chi connectivity index (χ1) is 18.2. The van der Waals surface area contributed by atoms with Crippen LogP contribution in [-0.2, 0) is 0 Å². The Morgan fingerprint density at radius 1 is 1.03 bits per heavy atom. The summed E-state index contributed by atoms with van der Waals surface area (Å²) >= 11 is 0. The molecule has 0 amide bonds. The van der Waals surface area contributed by atoms with Gasteiger partial charge in [0, 0.05) is 25.0 Å². The van der Waals surface area contributed by atoms with Gasteiger partial charge < -0.3 is 9.84 Å². The first kappa shape index (κ1) is 23.9. The zero-order valence-corrected chi connectivity index (χ0v) is 20.9. The summed E-state index contributed by atoms with van der Waals surface area (Å²) in [6.07, 6.45) is 4.47. The summed E-state index contributed by atoms with van der Waals surface area (Å²) in [5, 5.41) is 19.3. The second kappa shape index (κ2) is 10.5. The average molecular weight is 498 g/mol. The van der Waals surface area contributed by atoms with E-state index in [1.165, 1.54) is 5.57 Å². The van der Waals surface area contributed by atoms with Gasteiger partial charge in [-0.3, -0.25) is 14.4 Å². The maximum absolute atomic E-state index is 12.5. The van der Waals surface area contributed by atoms with Gasteiger partial charge in [0.15, 0.2) is 0 Å². The third-order valence-corrected chi connectivity index (χ3v) is 7.63. The van der Waals surface area contributed by atoms with Crippen LogP contribution in [-0.4, -0.2) is 52.6 Å². The summed E-state index contributed by atoms with van der Waals surface area (Å²) in [7, 11) is 0. The molecule has 190 valence electrons. The summed E-state index contributed by atoms with van der Waals surface area (Å²) in [6.45, 7) is 2.33. The molecule has 5 nitrogen and oxygen atoms in total. The number of H-pyrrole nitrogens is 1. The van der Waals surface area contributed by atoms with E-state index in [0.29, 0.717) is 12.8 Å². The standard InChI is InChI=1S/C31H32FN3O2/c32-15-3-16-35-17-14-25(20-35)37-24-9-6-21(7-10-24)31-26(22-8-12-29-23(18-22)19-33-34-29)11-13-30(36)27-4-1-2-5-28(27)31/h1-2,4-10,12,18-19,25,30,36H,3,11,13-17,20H2,(H,33,34)/t25-,30?/m0/s1. The molecular weight excluding hydrogens is 465 g/mol. The lowest BCUT2D eigenvalue weighted by Gasteiger charge is -2.19. The normalized spacial score (nSPS) is 20.3. The number of fused-ring (bicyclic) bond motifs is 2. The number of benzene rings is 3. The number of hydrogen-bond donors (Lipinski definition) is 2. The van der Waals surface area contributed by atoms with Crippen molar-refractivity contribution in [1.29, 1.82) is 0 Å². The van der Waals surface area contributed by atoms with Gasteiger partial charge in [0.05, 0.1) is 24.5 Å². The average Bonchev–Trinajstić information content (AvgIpc) is 3.56. The van der Waals surface area contributed by atoms with Gasteiger partial charge in [0.25, 0.3) is 0 Å². The Bertz CT molecular complexity index is 1410. The van der Waals surface area contributed by atoms with E-state index < -0.39 is 6.10 Å². The largest absolute Gasteiger partial charge is 0.489 e. The number of halogens is 1. The number of alkyl halides is 1. The van der Waals surface area contributed by atoms with Crippen LogP contribution in [0.2, 0.25) is 0 Å². The molecule has 1 aromatic heterocycles. The van der Waals surface area contributed by atoms with Gasteiger partial charge in [-0.25, -0.2) is 0 Å². The number of nitrogens with one attached hydrogen (secondary N) is 1. The van der Waals surface area contributed by atoms with Gasteiger partial charge in [-0.2, -0.15) is 5.10 Å². The molecule has 0 spiro atoms. The zero-order valence-electron chi connectivity index (χ0n) is 20.9. The number of aliphatic hydroxyl groups is 1. The Labute approximate surface area is 216 Å². The molecule has 6 rings (SSSR count). The summed E-state index contributed by atoms with van der Waals surface area (Å²) < 4.78 is 18.8. The number of aromatic nitrogens is 2. The Kier molecular flexibility index (Phi) is 6.77. The molecule has 6 heteroatoms. The van der Waals surface area contributed by atoms with Gasteiger partial charge in [-0.05, 0) is 83.3 Å². The predicted molar refractivity (Wildman–Crippen MR) is 145 cm³/mol. The molecule has 37 heavy (non-hydrogen) atoms. The number of allylic oxidation sites excluding steroid dienone is 1. The van der Waals surface area contributed by atoms with Crippen LogP contribution in [0.4, 0.5) is 4.39 Å². The maximum Gasteiger partial charge on any atom is 0.119 e. The fourth-order valence-electron chi connectivity index (χ4n) is 5.76. The van der Waals surface area contributed by atoms with Gasteiger partial charge in [-0.15, -0.1) is 0 Å². The van der Waals surface area contributed by atoms with Crippen molar-refractivity contribution in [3.63, 3.8) is 0 Å². The Balaban J connectivity index is 1.35. The molecule has 2 atom stereocenters. The molecule has 3 aromatic carbocycles. The van der Waals surface area contributed by atoms with Crippen LogP contribution < -0.4 is 4.74 Å². The second-order valence-corrected chi connectivity index (χ2v) is 10.1. The van der Waals surface area contributed by atoms with Gasteiger partial charge in [-0.1, -0.05) is 42.5 Å². The summed E-state index contributed by atoms with van der Waals surface area (Å²) in [6, 6.07) is 22.9. The van der Waals surface area contributed by atoms with E-state index in [4.69, 9.17) is 4.74 Å². The molecule has 0 radical (unpaired) electrons. The second-order valence-electron chi connectivity index (χ2n) is 10.1. The molecular formula is C31H32FN3O2. The third kappa shape index (κ3) is 4.91. The van der Waals surface area contributed by atoms with E-state index in [9.17, 15) is 9.50 Å². The van der Waals surface area contributed by atoms with Crippen molar-refractivity contribution >= 4 is 22.0 Å². The number of likely N-dealkylation sites (tertiary alicyclic amines) is 1. The highest BCUT2D eigenvalue weighted by molar-refractivity contribution is 6.01. The first-order valence-electron chi connectivity index (χ1n) is 13.2. The number of aromatic amines is 1. The lowest BCUT2D eigenvalue weighted by Crippen LogP contribution is -2.26. The zero-order chi connectivity index (χ0) is 25.2. The Morgan fingerprint density at radius 3 is 2.73 bits per heavy atom. The van der Waals surface area contributed by atoms with Crippen molar-refractivity contribution in [3.8, 4) is 5.75 Å². The van der Waals surface area contributed by atoms with E-state index in [2.05, 4.69) is 51.5 Å². The highest BCUT2D eigenvalue weighted by Crippen LogP contribution is 2.43. The predicted octanol–water partition coefficient (Wildman–Crippen LogP) is 6.16. The minimum absolute atomic E-state index is 0.135. The number of hydrogen-bond acceptors (Lipinski definition) is 4. The molecule has 2 N–H and O–H groups in total. The Hall–Kier alpha value is -3.48. The maximum atomic E-state index is 12.5. The van der Waals surface area contributed by atoms with Crippen LogP contribution in [0.15, 0.2) is 72.9 Å². The van der Waals surface area contributed by atoms with Crippen LogP contribution in [0.3, 0.4) is 0 Å². The minimum atomic E-state index is -0.508. The van der Waals surface area contributed by atoms with E-state index in [-0.39, 0.29) is 12.8 Å². The van der Waals surface area contributed by atoms with Crippen molar-refractivity contribution in [1.82, 2.24) is 15.1 Å². The molecule has 2 heterocycles. The molecule has 1 aliphatic heterocycles. The molecule has 1 aliphatic carbocycles. The fourth-order valence-corrected chi connectivity index (χ4v) is 5.76. The molecule has 2 aliphatic rings. The quantitative estimate of drug-likeness (QED) is 0.321. The smallest absolute Gasteiger partial charge is 0.119 e. The first-order valence-corrected chi connectivity index (χ1v) is 13.2. The lowest BCUT2D eigenvalue weighted by atomic mass is 9.87. The molecule has 0 bridgehead atoms. The van der Waals surface area contributed by atoms with Crippen LogP contribution in [0.5, 0.6) is 5.75 Å². The molecule has 1 saturated heterocycles. The van der Waals surface area contributed by atoms with E-state index in [1.54, 1.807) is 0 Å². The topological polar surface area (TPSA) is 61.4 Å². The van der Waals surface area contributed by atoms with Gasteiger partial charge in [0.1, 0.15) is 11.9 Å². The fraction of sp³-hybridized carbons (Fsp3) is 0.323. The number of aliphatic hydroxyl groups excluding tert-OH is 1. The summed E-state index contributed by atoms with van der Waals surface area (Å²) in [5.41, 5.74) is 7.68. The molecule has 0 saturated carbocycles. The lowest BCUT2D eigenvalue weighted by molar-refractivity contribution is 0.170. The van der Waals surface area contributed by atoms with Crippen molar-refractivity contribution in [2.24, 2.45) is 0 Å². The SMILES string of the molecule is OC1CCC(c2ccc3[nH]ncc3c2)=C(c2ccc(O[C@H]3CCN(CCCF)C3)cc2)c2ccccc21. The van der Waals surface area contributed by atoms with Crippen LogP contribution in [0, 0.1) is 0 Å². The monoisotopic (exact) mass is 497 g/mol. The van der Waals surface area contributed by atoms with Crippen molar-refractivity contribution < 1.29 is 14.2 Å². The highest BCUT2D eigenvalue weighted by Gasteiger charge is 2.26. The molecule has 1 unspecified atom stereocenters. The van der Waals surface area contributed by atoms with Crippen LogP contribution in [0.25, 0.3) is 22.0 Å².